The van der Waals surface area contributed by atoms with Crippen molar-refractivity contribution in [3.05, 3.63) is 47.3 Å². The van der Waals surface area contributed by atoms with Gasteiger partial charge in [0.1, 0.15) is 5.75 Å². The van der Waals surface area contributed by atoms with Gasteiger partial charge in [-0.3, -0.25) is 0 Å². The minimum Gasteiger partial charge on any atom is -0.496 e. The highest BCUT2D eigenvalue weighted by molar-refractivity contribution is 7.98. The van der Waals surface area contributed by atoms with Gasteiger partial charge in [-0.05, 0) is 30.7 Å². The number of nitrogens with zero attached hydrogens (tertiary/aromatic N) is 3. The number of methoxy groups -OCH3 is 1. The monoisotopic (exact) mass is 304 g/mol. The van der Waals surface area contributed by atoms with Gasteiger partial charge in [0.2, 0.25) is 0 Å². The fourth-order valence-corrected chi connectivity index (χ4v) is 2.56. The predicted molar refractivity (Wildman–Crippen MR) is 81.8 cm³/mol. The Kier molecular flexibility index (Phi) is 4.99. The zero-order chi connectivity index (χ0) is 15.2. The molecule has 2 aromatic rings. The molecule has 0 bridgehead atoms. The molecule has 21 heavy (non-hydrogen) atoms. The van der Waals surface area contributed by atoms with Gasteiger partial charge >= 0.3 is 0 Å². The molecule has 0 spiro atoms. The normalized spacial score (nSPS) is 11.4. The lowest BCUT2D eigenvalue weighted by atomic mass is 10.1. The molecule has 0 amide bonds. The van der Waals surface area contributed by atoms with Crippen LogP contribution in [0.5, 0.6) is 5.75 Å². The molecule has 0 fully saturated rings. The Morgan fingerprint density at radius 3 is 2.90 bits per heavy atom. The first-order valence-electron chi connectivity index (χ1n) is 6.21. The molecule has 0 saturated carbocycles. The second-order valence-corrected chi connectivity index (χ2v) is 5.23. The van der Waals surface area contributed by atoms with Gasteiger partial charge in [0.25, 0.3) is 0 Å². The summed E-state index contributed by atoms with van der Waals surface area (Å²) in [5.41, 5.74) is 8.15. The van der Waals surface area contributed by atoms with Crippen molar-refractivity contribution in [1.82, 2.24) is 9.97 Å². The number of aromatic nitrogens is 2. The third kappa shape index (κ3) is 3.85. The first-order valence-corrected chi connectivity index (χ1v) is 7.20. The minimum absolute atomic E-state index is 0.0190. The number of benzene rings is 1. The van der Waals surface area contributed by atoms with E-state index < -0.39 is 0 Å². The van der Waals surface area contributed by atoms with Crippen LogP contribution in [0.1, 0.15) is 16.8 Å². The highest BCUT2D eigenvalue weighted by Gasteiger charge is 2.09. The first-order chi connectivity index (χ1) is 10.1. The molecule has 0 radical (unpaired) electrons. The summed E-state index contributed by atoms with van der Waals surface area (Å²) < 4.78 is 5.20. The standard InChI is InChI=1S/C14H16N4O2S/c1-9-5-6-16-14(17-9)21-8-10-3-4-12(20-2)11(7-10)13(15)18-19/h3-7,19H,8H2,1-2H3,(H2,15,18). The Morgan fingerprint density at radius 2 is 2.24 bits per heavy atom. The highest BCUT2D eigenvalue weighted by Crippen LogP contribution is 2.24. The second-order valence-electron chi connectivity index (χ2n) is 4.29. The van der Waals surface area contributed by atoms with Crippen LogP contribution in [0.2, 0.25) is 0 Å². The van der Waals surface area contributed by atoms with Crippen LogP contribution in [0.4, 0.5) is 0 Å². The summed E-state index contributed by atoms with van der Waals surface area (Å²) in [7, 11) is 1.54. The number of amidine groups is 1. The Balaban J connectivity index is 2.17. The summed E-state index contributed by atoms with van der Waals surface area (Å²) in [5.74, 6) is 1.26. The maximum atomic E-state index is 8.82. The third-order valence-corrected chi connectivity index (χ3v) is 3.72. The first kappa shape index (κ1) is 15.1. The van der Waals surface area contributed by atoms with E-state index in [9.17, 15) is 0 Å². The van der Waals surface area contributed by atoms with Crippen molar-refractivity contribution in [2.75, 3.05) is 7.11 Å². The van der Waals surface area contributed by atoms with Gasteiger partial charge < -0.3 is 15.7 Å². The van der Waals surface area contributed by atoms with Crippen molar-refractivity contribution < 1.29 is 9.94 Å². The highest BCUT2D eigenvalue weighted by atomic mass is 32.2. The molecular formula is C14H16N4O2S. The Bertz CT molecular complexity index is 661. The van der Waals surface area contributed by atoms with E-state index in [0.29, 0.717) is 17.1 Å². The van der Waals surface area contributed by atoms with E-state index in [0.717, 1.165) is 16.4 Å². The van der Waals surface area contributed by atoms with E-state index in [1.807, 2.05) is 25.1 Å². The molecule has 3 N–H and O–H groups in total. The predicted octanol–water partition coefficient (Wildman–Crippen LogP) is 2.18. The summed E-state index contributed by atoms with van der Waals surface area (Å²) in [6.45, 7) is 1.93. The molecule has 0 aliphatic rings. The van der Waals surface area contributed by atoms with Gasteiger partial charge in [-0.15, -0.1) is 0 Å². The van der Waals surface area contributed by atoms with E-state index in [2.05, 4.69) is 15.1 Å². The van der Waals surface area contributed by atoms with Crippen LogP contribution in [0.15, 0.2) is 40.8 Å². The van der Waals surface area contributed by atoms with Crippen LogP contribution in [0.25, 0.3) is 0 Å². The molecule has 1 heterocycles. The van der Waals surface area contributed by atoms with Crippen LogP contribution in [-0.2, 0) is 5.75 Å². The summed E-state index contributed by atoms with van der Waals surface area (Å²) in [5, 5.41) is 12.6. The largest absolute Gasteiger partial charge is 0.496 e. The molecule has 110 valence electrons. The van der Waals surface area contributed by atoms with Crippen molar-refractivity contribution >= 4 is 17.6 Å². The third-order valence-electron chi connectivity index (χ3n) is 2.79. The molecule has 1 aromatic heterocycles. The van der Waals surface area contributed by atoms with Gasteiger partial charge in [-0.25, -0.2) is 9.97 Å². The number of thioether (sulfide) groups is 1. The minimum atomic E-state index is 0.0190. The lowest BCUT2D eigenvalue weighted by Gasteiger charge is -2.09. The molecule has 0 aliphatic heterocycles. The average molecular weight is 304 g/mol. The zero-order valence-electron chi connectivity index (χ0n) is 11.8. The number of aryl methyl sites for hydroxylation is 1. The molecule has 0 unspecified atom stereocenters. The fourth-order valence-electron chi connectivity index (χ4n) is 1.74. The molecule has 6 nitrogen and oxygen atoms in total. The van der Waals surface area contributed by atoms with E-state index in [1.54, 1.807) is 19.4 Å². The number of rotatable bonds is 5. The second kappa shape index (κ2) is 6.94. The molecule has 0 saturated heterocycles. The van der Waals surface area contributed by atoms with Crippen molar-refractivity contribution in [3.63, 3.8) is 0 Å². The van der Waals surface area contributed by atoms with Crippen LogP contribution in [0.3, 0.4) is 0 Å². The Labute approximate surface area is 127 Å². The zero-order valence-corrected chi connectivity index (χ0v) is 12.6. The summed E-state index contributed by atoms with van der Waals surface area (Å²) in [4.78, 5) is 8.54. The average Bonchev–Trinajstić information content (AvgIpc) is 2.52. The topological polar surface area (TPSA) is 93.6 Å². The van der Waals surface area contributed by atoms with E-state index in [1.165, 1.54) is 11.8 Å². The Morgan fingerprint density at radius 1 is 1.43 bits per heavy atom. The van der Waals surface area contributed by atoms with Crippen molar-refractivity contribution in [1.29, 1.82) is 0 Å². The summed E-state index contributed by atoms with van der Waals surface area (Å²) in [6.07, 6.45) is 1.74. The number of hydrogen-bond acceptors (Lipinski definition) is 6. The van der Waals surface area contributed by atoms with Gasteiger partial charge in [0, 0.05) is 17.6 Å². The summed E-state index contributed by atoms with van der Waals surface area (Å²) >= 11 is 1.52. The van der Waals surface area contributed by atoms with Gasteiger partial charge in [0.05, 0.1) is 12.7 Å². The smallest absolute Gasteiger partial charge is 0.188 e. The number of oxime groups is 1. The van der Waals surface area contributed by atoms with E-state index in [-0.39, 0.29) is 5.84 Å². The van der Waals surface area contributed by atoms with Crippen LogP contribution >= 0.6 is 11.8 Å². The van der Waals surface area contributed by atoms with Crippen molar-refractivity contribution in [2.24, 2.45) is 10.9 Å². The van der Waals surface area contributed by atoms with Gasteiger partial charge in [0.15, 0.2) is 11.0 Å². The lowest BCUT2D eigenvalue weighted by molar-refractivity contribution is 0.318. The van der Waals surface area contributed by atoms with Crippen molar-refractivity contribution in [2.45, 2.75) is 17.8 Å². The van der Waals surface area contributed by atoms with Crippen LogP contribution in [-0.4, -0.2) is 28.1 Å². The fraction of sp³-hybridized carbons (Fsp3) is 0.214. The Hall–Kier alpha value is -2.28. The van der Waals surface area contributed by atoms with E-state index in [4.69, 9.17) is 15.7 Å². The molecule has 7 heteroatoms. The number of hydrogen-bond donors (Lipinski definition) is 2. The quantitative estimate of drug-likeness (QED) is 0.220. The van der Waals surface area contributed by atoms with Crippen LogP contribution < -0.4 is 10.5 Å². The number of nitrogens with two attached hydrogens (primary N) is 1. The molecule has 1 aromatic carbocycles. The van der Waals surface area contributed by atoms with Crippen molar-refractivity contribution in [3.8, 4) is 5.75 Å². The van der Waals surface area contributed by atoms with Gasteiger partial charge in [-0.2, -0.15) is 0 Å². The SMILES string of the molecule is COc1ccc(CSc2nccc(C)n2)cc1C(N)=NO. The maximum Gasteiger partial charge on any atom is 0.188 e. The van der Waals surface area contributed by atoms with Gasteiger partial charge in [-0.1, -0.05) is 23.0 Å². The molecule has 2 rings (SSSR count). The molecule has 0 aliphatic carbocycles. The maximum absolute atomic E-state index is 8.82. The molecule has 0 atom stereocenters. The number of ether oxygens (including phenoxy) is 1. The van der Waals surface area contributed by atoms with E-state index >= 15 is 0 Å². The molecular weight excluding hydrogens is 288 g/mol. The summed E-state index contributed by atoms with van der Waals surface area (Å²) in [6, 6.07) is 7.40. The van der Waals surface area contributed by atoms with Crippen LogP contribution in [0, 0.1) is 6.92 Å². The lowest BCUT2D eigenvalue weighted by Crippen LogP contribution is -2.14.